The Morgan fingerprint density at radius 3 is 1.97 bits per heavy atom. The Morgan fingerprint density at radius 1 is 0.867 bits per heavy atom. The number of carbonyl (C=O) groups excluding carboxylic acids is 1. The van der Waals surface area contributed by atoms with Gasteiger partial charge in [-0.15, -0.1) is 0 Å². The number of phenols is 2. The van der Waals surface area contributed by atoms with Crippen LogP contribution in [-0.4, -0.2) is 27.3 Å². The molecule has 3 aromatic carbocycles. The molecule has 0 bridgehead atoms. The molecule has 0 amide bonds. The number of halogens is 2. The molecule has 2 heterocycles. The Bertz CT molecular complexity index is 1240. The van der Waals surface area contributed by atoms with E-state index in [1.165, 1.54) is 18.2 Å². The minimum atomic E-state index is -1.95. The highest BCUT2D eigenvalue weighted by atomic mass is 19.1. The first kappa shape index (κ1) is 17.9. The molecule has 0 saturated heterocycles. The molecule has 1 spiro atoms. The lowest BCUT2D eigenvalue weighted by Crippen LogP contribution is -2.33. The smallest absolute Gasteiger partial charge is 0.340 e. The maximum absolute atomic E-state index is 14.3. The molecule has 0 saturated carbocycles. The first-order chi connectivity index (χ1) is 14.2. The second-order valence-corrected chi connectivity index (χ2v) is 6.84. The lowest BCUT2D eigenvalue weighted by molar-refractivity contribution is 0.0221. The minimum Gasteiger partial charge on any atom is -0.505 e. The van der Waals surface area contributed by atoms with Crippen LogP contribution in [0.2, 0.25) is 0 Å². The van der Waals surface area contributed by atoms with E-state index in [-0.39, 0.29) is 39.3 Å². The first-order valence-electron chi connectivity index (χ1n) is 8.57. The molecule has 9 heteroatoms. The van der Waals surface area contributed by atoms with Crippen molar-refractivity contribution >= 4 is 11.9 Å². The largest absolute Gasteiger partial charge is 0.505 e. The maximum atomic E-state index is 14.3. The van der Waals surface area contributed by atoms with Gasteiger partial charge in [0.25, 0.3) is 0 Å². The zero-order valence-electron chi connectivity index (χ0n) is 14.8. The number of hydrogen-bond acceptors (Lipinski definition) is 6. The Balaban J connectivity index is 1.93. The average Bonchev–Trinajstić information content (AvgIpc) is 2.98. The van der Waals surface area contributed by atoms with Crippen LogP contribution in [0.15, 0.2) is 42.5 Å². The van der Waals surface area contributed by atoms with Crippen molar-refractivity contribution in [3.8, 4) is 23.0 Å². The van der Waals surface area contributed by atoms with Crippen LogP contribution in [0.1, 0.15) is 37.4 Å². The van der Waals surface area contributed by atoms with E-state index in [9.17, 15) is 33.7 Å². The molecule has 0 atom stereocenters. The number of aromatic hydroxyl groups is 2. The third-order valence-corrected chi connectivity index (χ3v) is 5.19. The number of aromatic carboxylic acids is 1. The van der Waals surface area contributed by atoms with Crippen molar-refractivity contribution in [2.45, 2.75) is 5.60 Å². The lowest BCUT2D eigenvalue weighted by Gasteiger charge is -2.36. The third-order valence-electron chi connectivity index (χ3n) is 5.19. The Kier molecular flexibility index (Phi) is 3.40. The van der Waals surface area contributed by atoms with Gasteiger partial charge >= 0.3 is 11.9 Å². The van der Waals surface area contributed by atoms with Gasteiger partial charge in [0, 0.05) is 17.7 Å². The highest BCUT2D eigenvalue weighted by molar-refractivity contribution is 5.99. The summed E-state index contributed by atoms with van der Waals surface area (Å²) < 4.78 is 39.8. The van der Waals surface area contributed by atoms with Gasteiger partial charge in [-0.3, -0.25) is 0 Å². The number of phenolic OH excluding ortho intramolecular Hbond substituents is 2. The summed E-state index contributed by atoms with van der Waals surface area (Å²) in [6.07, 6.45) is 0. The summed E-state index contributed by atoms with van der Waals surface area (Å²) in [7, 11) is 0. The van der Waals surface area contributed by atoms with E-state index < -0.39 is 40.7 Å². The van der Waals surface area contributed by atoms with Crippen LogP contribution >= 0.6 is 0 Å². The Hall–Kier alpha value is -4.14. The Labute approximate surface area is 166 Å². The van der Waals surface area contributed by atoms with E-state index in [0.717, 1.165) is 24.3 Å². The van der Waals surface area contributed by atoms with Crippen LogP contribution in [0.25, 0.3) is 0 Å². The maximum Gasteiger partial charge on any atom is 0.340 e. The van der Waals surface area contributed by atoms with Crippen molar-refractivity contribution in [1.82, 2.24) is 0 Å². The molecular weight excluding hydrogens is 402 g/mol. The molecule has 0 fully saturated rings. The number of carboxylic acids is 1. The van der Waals surface area contributed by atoms with E-state index in [2.05, 4.69) is 0 Å². The quantitative estimate of drug-likeness (QED) is 0.523. The fourth-order valence-corrected chi connectivity index (χ4v) is 3.86. The summed E-state index contributed by atoms with van der Waals surface area (Å²) in [5.74, 6) is -5.97. The summed E-state index contributed by atoms with van der Waals surface area (Å²) in [4.78, 5) is 24.2. The molecule has 150 valence electrons. The number of hydrogen-bond donors (Lipinski definition) is 3. The van der Waals surface area contributed by atoms with Crippen LogP contribution in [0, 0.1) is 11.6 Å². The van der Waals surface area contributed by atoms with Crippen LogP contribution in [-0.2, 0) is 10.3 Å². The van der Waals surface area contributed by atoms with Crippen LogP contribution < -0.4 is 4.74 Å². The van der Waals surface area contributed by atoms with E-state index in [1.54, 1.807) is 0 Å². The van der Waals surface area contributed by atoms with Gasteiger partial charge in [-0.05, 0) is 30.3 Å². The predicted molar refractivity (Wildman–Crippen MR) is 94.9 cm³/mol. The van der Waals surface area contributed by atoms with Gasteiger partial charge in [0.15, 0.2) is 28.7 Å². The highest BCUT2D eigenvalue weighted by Gasteiger charge is 2.54. The molecule has 0 radical (unpaired) electrons. The van der Waals surface area contributed by atoms with Gasteiger partial charge in [-0.1, -0.05) is 0 Å². The summed E-state index contributed by atoms with van der Waals surface area (Å²) in [5, 5.41) is 28.9. The molecular formula is C21H10F2O7. The lowest BCUT2D eigenvalue weighted by atomic mass is 9.77. The zero-order chi connectivity index (χ0) is 21.4. The molecule has 2 aliphatic rings. The second kappa shape index (κ2) is 5.69. The van der Waals surface area contributed by atoms with Crippen molar-refractivity contribution < 1.29 is 43.2 Å². The zero-order valence-corrected chi connectivity index (χ0v) is 14.8. The Morgan fingerprint density at radius 2 is 1.43 bits per heavy atom. The van der Waals surface area contributed by atoms with Gasteiger partial charge in [0.1, 0.15) is 11.5 Å². The SMILES string of the molecule is O=C(O)c1ccc2c(c1)C1(OC2=O)c2cc(F)c(O)cc2Oc2cc(O)c(F)cc21. The van der Waals surface area contributed by atoms with E-state index >= 15 is 0 Å². The number of carbonyl (C=O) groups is 2. The normalized spacial score (nSPS) is 15.1. The number of fused-ring (bicyclic) bond motifs is 6. The molecule has 2 aliphatic heterocycles. The molecule has 3 aromatic rings. The fourth-order valence-electron chi connectivity index (χ4n) is 3.86. The van der Waals surface area contributed by atoms with E-state index in [0.29, 0.717) is 0 Å². The molecule has 30 heavy (non-hydrogen) atoms. The van der Waals surface area contributed by atoms with Gasteiger partial charge in [0.2, 0.25) is 0 Å². The number of carboxylic acid groups (broad SMARTS) is 1. The van der Waals surface area contributed by atoms with Crippen molar-refractivity contribution in [1.29, 1.82) is 0 Å². The molecule has 3 N–H and O–H groups in total. The van der Waals surface area contributed by atoms with Crippen LogP contribution in [0.5, 0.6) is 23.0 Å². The van der Waals surface area contributed by atoms with E-state index in [1.807, 2.05) is 0 Å². The summed E-state index contributed by atoms with van der Waals surface area (Å²) in [6.45, 7) is 0. The van der Waals surface area contributed by atoms with Crippen LogP contribution in [0.3, 0.4) is 0 Å². The van der Waals surface area contributed by atoms with Crippen LogP contribution in [0.4, 0.5) is 8.78 Å². The summed E-state index contributed by atoms with van der Waals surface area (Å²) in [6, 6.07) is 7.26. The fraction of sp³-hybridized carbons (Fsp3) is 0.0476. The number of ether oxygens (including phenoxy) is 2. The van der Waals surface area contributed by atoms with E-state index in [4.69, 9.17) is 9.47 Å². The summed E-state index contributed by atoms with van der Waals surface area (Å²) >= 11 is 0. The third kappa shape index (κ3) is 2.17. The van der Waals surface area contributed by atoms with Gasteiger partial charge in [-0.25, -0.2) is 18.4 Å². The minimum absolute atomic E-state index is 0.000710. The number of rotatable bonds is 1. The molecule has 7 nitrogen and oxygen atoms in total. The first-order valence-corrected chi connectivity index (χ1v) is 8.57. The van der Waals surface area contributed by atoms with Crippen molar-refractivity contribution in [3.63, 3.8) is 0 Å². The summed E-state index contributed by atoms with van der Waals surface area (Å²) in [5.41, 5.74) is -2.26. The topological polar surface area (TPSA) is 113 Å². The van der Waals surface area contributed by atoms with Gasteiger partial charge in [-0.2, -0.15) is 0 Å². The standard InChI is InChI=1S/C21H10F2O7/c22-13-4-11-17(6-15(13)24)29-18-7-16(25)14(23)5-12(18)21(11)10-3-8(19(26)27)1-2-9(10)20(28)30-21/h1-7,24-25H,(H,26,27). The highest BCUT2D eigenvalue weighted by Crippen LogP contribution is 2.57. The number of benzene rings is 3. The molecule has 5 rings (SSSR count). The molecule has 0 aliphatic carbocycles. The second-order valence-electron chi connectivity index (χ2n) is 6.84. The monoisotopic (exact) mass is 412 g/mol. The van der Waals surface area contributed by atoms with Gasteiger partial charge in [0.05, 0.1) is 22.3 Å². The predicted octanol–water partition coefficient (Wildman–Crippen LogP) is 3.64. The van der Waals surface area contributed by atoms with Gasteiger partial charge < -0.3 is 24.8 Å². The average molecular weight is 412 g/mol. The molecule has 0 aromatic heterocycles. The molecule has 0 unspecified atom stereocenters. The number of esters is 1. The van der Waals surface area contributed by atoms with Crippen molar-refractivity contribution in [2.75, 3.05) is 0 Å². The van der Waals surface area contributed by atoms with Crippen molar-refractivity contribution in [3.05, 3.63) is 81.9 Å². The van der Waals surface area contributed by atoms with Crippen molar-refractivity contribution in [2.24, 2.45) is 0 Å².